The second-order valence-corrected chi connectivity index (χ2v) is 3.49. The van der Waals surface area contributed by atoms with Gasteiger partial charge in [0.15, 0.2) is 0 Å². The van der Waals surface area contributed by atoms with Gasteiger partial charge in [-0.3, -0.25) is 10.1 Å². The van der Waals surface area contributed by atoms with Gasteiger partial charge in [-0.2, -0.15) is 0 Å². The number of pyridine rings is 1. The van der Waals surface area contributed by atoms with E-state index in [9.17, 15) is 10.1 Å². The number of hydrogen-bond acceptors (Lipinski definition) is 5. The van der Waals surface area contributed by atoms with Crippen LogP contribution in [0.5, 0.6) is 0 Å². The van der Waals surface area contributed by atoms with Crippen molar-refractivity contribution in [2.75, 3.05) is 25.6 Å². The molecule has 0 unspecified atom stereocenters. The maximum absolute atomic E-state index is 10.8. The standard InChI is InChI=1S/C9H12ClN3O3/c1-6-5-7(11-3-4-16-2)8(13(14)15)9(10)12-6/h5H,3-4H2,1-2H3,(H,11,12). The van der Waals surface area contributed by atoms with Gasteiger partial charge in [-0.25, -0.2) is 4.98 Å². The van der Waals surface area contributed by atoms with E-state index in [1.165, 1.54) is 0 Å². The van der Waals surface area contributed by atoms with Crippen LogP contribution in [0.15, 0.2) is 6.07 Å². The van der Waals surface area contributed by atoms with E-state index in [1.807, 2.05) is 0 Å². The van der Waals surface area contributed by atoms with Crippen LogP contribution in [0.25, 0.3) is 0 Å². The highest BCUT2D eigenvalue weighted by Crippen LogP contribution is 2.31. The van der Waals surface area contributed by atoms with Crippen molar-refractivity contribution in [1.82, 2.24) is 4.98 Å². The number of hydrogen-bond donors (Lipinski definition) is 1. The van der Waals surface area contributed by atoms with E-state index in [4.69, 9.17) is 16.3 Å². The normalized spacial score (nSPS) is 10.2. The Bertz CT molecular complexity index is 398. The van der Waals surface area contributed by atoms with E-state index in [0.29, 0.717) is 24.5 Å². The minimum Gasteiger partial charge on any atom is -0.383 e. The Balaban J connectivity index is 2.99. The molecular formula is C9H12ClN3O3. The molecule has 0 aliphatic carbocycles. The van der Waals surface area contributed by atoms with Gasteiger partial charge in [-0.1, -0.05) is 11.6 Å². The molecular weight excluding hydrogens is 234 g/mol. The summed E-state index contributed by atoms with van der Waals surface area (Å²) in [4.78, 5) is 14.1. The zero-order chi connectivity index (χ0) is 12.1. The summed E-state index contributed by atoms with van der Waals surface area (Å²) < 4.78 is 4.84. The van der Waals surface area contributed by atoms with Crippen molar-refractivity contribution in [3.63, 3.8) is 0 Å². The molecule has 0 atom stereocenters. The third-order valence-electron chi connectivity index (χ3n) is 1.88. The summed E-state index contributed by atoms with van der Waals surface area (Å²) in [6.45, 7) is 2.64. The monoisotopic (exact) mass is 245 g/mol. The van der Waals surface area contributed by atoms with E-state index < -0.39 is 4.92 Å². The number of nitro groups is 1. The number of ether oxygens (including phenoxy) is 1. The second kappa shape index (κ2) is 5.62. The summed E-state index contributed by atoms with van der Waals surface area (Å²) in [6, 6.07) is 1.58. The van der Waals surface area contributed by atoms with E-state index in [0.717, 1.165) is 0 Å². The third kappa shape index (κ3) is 3.04. The molecule has 0 bridgehead atoms. The van der Waals surface area contributed by atoms with Crippen LogP contribution in [0.1, 0.15) is 5.69 Å². The molecule has 6 nitrogen and oxygen atoms in total. The number of anilines is 1. The number of nitrogens with one attached hydrogen (secondary N) is 1. The van der Waals surface area contributed by atoms with Crippen molar-refractivity contribution >= 4 is 23.0 Å². The number of aryl methyl sites for hydroxylation is 1. The molecule has 0 saturated heterocycles. The molecule has 1 N–H and O–H groups in total. The zero-order valence-electron chi connectivity index (χ0n) is 8.99. The molecule has 0 aromatic carbocycles. The van der Waals surface area contributed by atoms with Crippen molar-refractivity contribution < 1.29 is 9.66 Å². The second-order valence-electron chi connectivity index (χ2n) is 3.13. The molecule has 1 rings (SSSR count). The van der Waals surface area contributed by atoms with Crippen molar-refractivity contribution in [3.8, 4) is 0 Å². The van der Waals surface area contributed by atoms with E-state index >= 15 is 0 Å². The zero-order valence-corrected chi connectivity index (χ0v) is 9.74. The molecule has 88 valence electrons. The SMILES string of the molecule is COCCNc1cc(C)nc(Cl)c1[N+](=O)[O-]. The van der Waals surface area contributed by atoms with Gasteiger partial charge in [0.05, 0.1) is 11.5 Å². The Morgan fingerprint density at radius 1 is 1.69 bits per heavy atom. The first-order valence-electron chi connectivity index (χ1n) is 4.60. The molecule has 1 heterocycles. The van der Waals surface area contributed by atoms with Crippen molar-refractivity contribution in [1.29, 1.82) is 0 Å². The summed E-state index contributed by atoms with van der Waals surface area (Å²) >= 11 is 5.72. The molecule has 0 fully saturated rings. The Hall–Kier alpha value is -1.40. The first-order chi connectivity index (χ1) is 7.56. The topological polar surface area (TPSA) is 77.3 Å². The summed E-state index contributed by atoms with van der Waals surface area (Å²) in [5.74, 6) is 0. The van der Waals surface area contributed by atoms with Crippen LogP contribution in [0.4, 0.5) is 11.4 Å². The van der Waals surface area contributed by atoms with E-state index in [-0.39, 0.29) is 10.8 Å². The lowest BCUT2D eigenvalue weighted by molar-refractivity contribution is -0.384. The lowest BCUT2D eigenvalue weighted by Gasteiger charge is -2.07. The predicted octanol–water partition coefficient (Wildman–Crippen LogP) is 2.01. The first-order valence-corrected chi connectivity index (χ1v) is 4.98. The molecule has 0 radical (unpaired) electrons. The molecule has 0 aliphatic heterocycles. The van der Waals surface area contributed by atoms with Crippen molar-refractivity contribution in [3.05, 3.63) is 27.0 Å². The van der Waals surface area contributed by atoms with Gasteiger partial charge in [0, 0.05) is 19.3 Å². The molecule has 1 aromatic rings. The predicted molar refractivity (Wildman–Crippen MR) is 61.0 cm³/mol. The molecule has 16 heavy (non-hydrogen) atoms. The number of rotatable bonds is 5. The van der Waals surface area contributed by atoms with Crippen LogP contribution in [0, 0.1) is 17.0 Å². The molecule has 0 amide bonds. The largest absolute Gasteiger partial charge is 0.383 e. The minimum atomic E-state index is -0.552. The van der Waals surface area contributed by atoms with Crippen molar-refractivity contribution in [2.24, 2.45) is 0 Å². The van der Waals surface area contributed by atoms with Crippen LogP contribution in [-0.4, -0.2) is 30.2 Å². The Morgan fingerprint density at radius 2 is 2.38 bits per heavy atom. The fraction of sp³-hybridized carbons (Fsp3) is 0.444. The highest BCUT2D eigenvalue weighted by molar-refractivity contribution is 6.32. The average Bonchev–Trinajstić information content (AvgIpc) is 2.16. The highest BCUT2D eigenvalue weighted by atomic mass is 35.5. The van der Waals surface area contributed by atoms with Gasteiger partial charge < -0.3 is 10.1 Å². The van der Waals surface area contributed by atoms with Gasteiger partial charge in [0.2, 0.25) is 5.15 Å². The summed E-state index contributed by atoms with van der Waals surface area (Å²) in [5, 5.41) is 13.6. The lowest BCUT2D eigenvalue weighted by Crippen LogP contribution is -2.10. The maximum Gasteiger partial charge on any atom is 0.329 e. The first kappa shape index (κ1) is 12.7. The lowest BCUT2D eigenvalue weighted by atomic mass is 10.3. The van der Waals surface area contributed by atoms with E-state index in [1.54, 1.807) is 20.1 Å². The molecule has 1 aromatic heterocycles. The number of aromatic nitrogens is 1. The fourth-order valence-electron chi connectivity index (χ4n) is 1.22. The van der Waals surface area contributed by atoms with Crippen LogP contribution in [0.3, 0.4) is 0 Å². The van der Waals surface area contributed by atoms with Crippen LogP contribution >= 0.6 is 11.6 Å². The fourth-order valence-corrected chi connectivity index (χ4v) is 1.53. The number of halogens is 1. The molecule has 0 saturated carbocycles. The third-order valence-corrected chi connectivity index (χ3v) is 2.15. The maximum atomic E-state index is 10.8. The Kier molecular flexibility index (Phi) is 4.45. The molecule has 0 spiro atoms. The van der Waals surface area contributed by atoms with Gasteiger partial charge in [-0.05, 0) is 13.0 Å². The van der Waals surface area contributed by atoms with Crippen LogP contribution < -0.4 is 5.32 Å². The van der Waals surface area contributed by atoms with Crippen LogP contribution in [-0.2, 0) is 4.74 Å². The number of nitrogens with zero attached hydrogens (tertiary/aromatic N) is 2. The van der Waals surface area contributed by atoms with Crippen LogP contribution in [0.2, 0.25) is 5.15 Å². The quantitative estimate of drug-likeness (QED) is 0.372. The summed E-state index contributed by atoms with van der Waals surface area (Å²) in [6.07, 6.45) is 0. The minimum absolute atomic E-state index is 0.107. The Labute approximate surface area is 97.7 Å². The van der Waals surface area contributed by atoms with Gasteiger partial charge in [0.25, 0.3) is 0 Å². The van der Waals surface area contributed by atoms with E-state index in [2.05, 4.69) is 10.3 Å². The van der Waals surface area contributed by atoms with Gasteiger partial charge in [0.1, 0.15) is 5.69 Å². The Morgan fingerprint density at radius 3 is 2.94 bits per heavy atom. The van der Waals surface area contributed by atoms with Crippen molar-refractivity contribution in [2.45, 2.75) is 6.92 Å². The molecule has 7 heteroatoms. The molecule has 0 aliphatic rings. The van der Waals surface area contributed by atoms with Gasteiger partial charge in [-0.15, -0.1) is 0 Å². The average molecular weight is 246 g/mol. The smallest absolute Gasteiger partial charge is 0.329 e. The van der Waals surface area contributed by atoms with Gasteiger partial charge >= 0.3 is 5.69 Å². The summed E-state index contributed by atoms with van der Waals surface area (Å²) in [7, 11) is 1.56. The number of methoxy groups -OCH3 is 1. The summed E-state index contributed by atoms with van der Waals surface area (Å²) in [5.41, 5.74) is 0.776. The highest BCUT2D eigenvalue weighted by Gasteiger charge is 2.20.